The molecule has 0 aliphatic rings. The number of benzene rings is 1. The maximum Gasteiger partial charge on any atom is 0.325 e. The van der Waals surface area contributed by atoms with E-state index in [9.17, 15) is 14.4 Å². The summed E-state index contributed by atoms with van der Waals surface area (Å²) in [7, 11) is 0. The van der Waals surface area contributed by atoms with Gasteiger partial charge in [0.15, 0.2) is 0 Å². The summed E-state index contributed by atoms with van der Waals surface area (Å²) in [5, 5.41) is 3.93. The molecule has 1 aromatic carbocycles. The van der Waals surface area contributed by atoms with Crippen LogP contribution in [-0.4, -0.2) is 27.4 Å². The molecule has 7 nitrogen and oxygen atoms in total. The summed E-state index contributed by atoms with van der Waals surface area (Å²) >= 11 is 0. The van der Waals surface area contributed by atoms with Gasteiger partial charge in [0.2, 0.25) is 5.91 Å². The molecule has 3 aromatic rings. The molecule has 0 atom stereocenters. The highest BCUT2D eigenvalue weighted by atomic mass is 16.2. The zero-order chi connectivity index (χ0) is 16.2. The number of carbonyl (C=O) groups is 1. The third-order valence-electron chi connectivity index (χ3n) is 3.56. The van der Waals surface area contributed by atoms with Crippen molar-refractivity contribution in [3.63, 3.8) is 0 Å². The van der Waals surface area contributed by atoms with Gasteiger partial charge in [0, 0.05) is 35.4 Å². The summed E-state index contributed by atoms with van der Waals surface area (Å²) in [6, 6.07) is 9.18. The Morgan fingerprint density at radius 2 is 1.96 bits per heavy atom. The number of hydrogen-bond acceptors (Lipinski definition) is 3. The lowest BCUT2D eigenvalue weighted by Gasteiger charge is -2.04. The fourth-order valence-electron chi connectivity index (χ4n) is 2.53. The van der Waals surface area contributed by atoms with Crippen LogP contribution in [0.1, 0.15) is 11.3 Å². The SMILES string of the molecule is O=C(Cc1cc(=O)[nH]c(=O)[nH]1)NCCc1c[nH]c2ccccc12. The first kappa shape index (κ1) is 14.8. The number of aromatic amines is 3. The Morgan fingerprint density at radius 3 is 2.78 bits per heavy atom. The summed E-state index contributed by atoms with van der Waals surface area (Å²) in [6.07, 6.45) is 2.60. The van der Waals surface area contributed by atoms with E-state index in [4.69, 9.17) is 0 Å². The molecule has 23 heavy (non-hydrogen) atoms. The normalized spacial score (nSPS) is 10.8. The smallest absolute Gasteiger partial charge is 0.325 e. The molecule has 0 aliphatic carbocycles. The number of amides is 1. The molecule has 0 radical (unpaired) electrons. The number of rotatable bonds is 5. The van der Waals surface area contributed by atoms with Crippen LogP contribution in [-0.2, 0) is 17.6 Å². The number of hydrogen-bond donors (Lipinski definition) is 4. The average Bonchev–Trinajstić information content (AvgIpc) is 2.90. The van der Waals surface area contributed by atoms with Crippen LogP contribution in [0.5, 0.6) is 0 Å². The molecule has 4 N–H and O–H groups in total. The lowest BCUT2D eigenvalue weighted by atomic mass is 10.1. The Hall–Kier alpha value is -3.09. The van der Waals surface area contributed by atoms with Gasteiger partial charge in [-0.15, -0.1) is 0 Å². The maximum atomic E-state index is 11.9. The Balaban J connectivity index is 1.57. The fourth-order valence-corrected chi connectivity index (χ4v) is 2.53. The van der Waals surface area contributed by atoms with Crippen LogP contribution in [0, 0.1) is 0 Å². The van der Waals surface area contributed by atoms with Crippen LogP contribution in [0.3, 0.4) is 0 Å². The number of nitrogens with one attached hydrogen (secondary N) is 4. The van der Waals surface area contributed by atoms with Gasteiger partial charge < -0.3 is 15.3 Å². The molecule has 1 amide bonds. The second kappa shape index (κ2) is 6.35. The van der Waals surface area contributed by atoms with Crippen LogP contribution < -0.4 is 16.6 Å². The standard InChI is InChI=1S/C16H16N4O3/c21-14(7-11-8-15(22)20-16(23)19-11)17-6-5-10-9-18-13-4-2-1-3-12(10)13/h1-4,8-9,18H,5-7H2,(H,17,21)(H2,19,20,22,23). The predicted molar refractivity (Wildman–Crippen MR) is 86.4 cm³/mol. The van der Waals surface area contributed by atoms with Crippen LogP contribution in [0.15, 0.2) is 46.1 Å². The molecule has 0 saturated carbocycles. The van der Waals surface area contributed by atoms with Crippen LogP contribution in [0.2, 0.25) is 0 Å². The summed E-state index contributed by atoms with van der Waals surface area (Å²) < 4.78 is 0. The first-order chi connectivity index (χ1) is 11.1. The monoisotopic (exact) mass is 312 g/mol. The Morgan fingerprint density at radius 1 is 1.13 bits per heavy atom. The molecule has 7 heteroatoms. The third-order valence-corrected chi connectivity index (χ3v) is 3.56. The average molecular weight is 312 g/mol. The van der Waals surface area contributed by atoms with Gasteiger partial charge in [-0.2, -0.15) is 0 Å². The highest BCUT2D eigenvalue weighted by molar-refractivity contribution is 5.83. The minimum absolute atomic E-state index is 0.0347. The fraction of sp³-hybridized carbons (Fsp3) is 0.188. The molecule has 2 aromatic heterocycles. The lowest BCUT2D eigenvalue weighted by Crippen LogP contribution is -2.30. The number of fused-ring (bicyclic) bond motifs is 1. The quantitative estimate of drug-likeness (QED) is 0.549. The van der Waals surface area contributed by atoms with Gasteiger partial charge in [0.25, 0.3) is 5.56 Å². The summed E-state index contributed by atoms with van der Waals surface area (Å²) in [4.78, 5) is 41.9. The van der Waals surface area contributed by atoms with Crippen molar-refractivity contribution in [2.24, 2.45) is 0 Å². The minimum atomic E-state index is -0.612. The Labute approximate surface area is 130 Å². The van der Waals surface area contributed by atoms with E-state index in [1.807, 2.05) is 30.5 Å². The summed E-state index contributed by atoms with van der Waals surface area (Å²) in [5.74, 6) is -0.244. The van der Waals surface area contributed by atoms with E-state index in [2.05, 4.69) is 20.3 Å². The topological polar surface area (TPSA) is 111 Å². The Bertz CT molecular complexity index is 923. The maximum absolute atomic E-state index is 11.9. The van der Waals surface area contributed by atoms with Crippen molar-refractivity contribution in [1.82, 2.24) is 20.3 Å². The van der Waals surface area contributed by atoms with Crippen molar-refractivity contribution in [1.29, 1.82) is 0 Å². The largest absolute Gasteiger partial charge is 0.361 e. The number of para-hydroxylation sites is 1. The zero-order valence-electron chi connectivity index (χ0n) is 12.3. The van der Waals surface area contributed by atoms with Crippen LogP contribution in [0.4, 0.5) is 0 Å². The molecule has 0 spiro atoms. The minimum Gasteiger partial charge on any atom is -0.361 e. The number of carbonyl (C=O) groups excluding carboxylic acids is 1. The van der Waals surface area contributed by atoms with E-state index in [0.717, 1.165) is 16.5 Å². The molecule has 0 unspecified atom stereocenters. The predicted octanol–water partition coefficient (Wildman–Crippen LogP) is 0.446. The van der Waals surface area contributed by atoms with Gasteiger partial charge in [0.05, 0.1) is 6.42 Å². The molecular formula is C16H16N4O3. The molecule has 0 aliphatic heterocycles. The number of H-pyrrole nitrogens is 3. The van der Waals surface area contributed by atoms with Gasteiger partial charge in [-0.3, -0.25) is 14.6 Å². The van der Waals surface area contributed by atoms with Crippen molar-refractivity contribution < 1.29 is 4.79 Å². The zero-order valence-corrected chi connectivity index (χ0v) is 12.3. The third kappa shape index (κ3) is 3.57. The number of aromatic nitrogens is 3. The molecular weight excluding hydrogens is 296 g/mol. The highest BCUT2D eigenvalue weighted by Crippen LogP contribution is 2.17. The van der Waals surface area contributed by atoms with E-state index in [0.29, 0.717) is 18.7 Å². The van der Waals surface area contributed by atoms with Gasteiger partial charge in [-0.25, -0.2) is 4.79 Å². The first-order valence-corrected chi connectivity index (χ1v) is 7.26. The van der Waals surface area contributed by atoms with Gasteiger partial charge in [-0.05, 0) is 18.1 Å². The molecule has 2 heterocycles. The first-order valence-electron chi connectivity index (χ1n) is 7.26. The van der Waals surface area contributed by atoms with Crippen molar-refractivity contribution in [2.45, 2.75) is 12.8 Å². The van der Waals surface area contributed by atoms with E-state index in [-0.39, 0.29) is 12.3 Å². The van der Waals surface area contributed by atoms with Crippen LogP contribution in [0.25, 0.3) is 10.9 Å². The molecule has 0 bridgehead atoms. The van der Waals surface area contributed by atoms with Gasteiger partial charge in [0.1, 0.15) is 0 Å². The van der Waals surface area contributed by atoms with E-state index < -0.39 is 11.2 Å². The molecule has 3 rings (SSSR count). The van der Waals surface area contributed by atoms with Crippen molar-refractivity contribution in [2.75, 3.05) is 6.54 Å². The lowest BCUT2D eigenvalue weighted by molar-refractivity contribution is -0.120. The van der Waals surface area contributed by atoms with Gasteiger partial charge >= 0.3 is 5.69 Å². The summed E-state index contributed by atoms with van der Waals surface area (Å²) in [5.41, 5.74) is 1.36. The highest BCUT2D eigenvalue weighted by Gasteiger charge is 2.07. The van der Waals surface area contributed by atoms with E-state index >= 15 is 0 Å². The van der Waals surface area contributed by atoms with Crippen LogP contribution >= 0.6 is 0 Å². The second-order valence-electron chi connectivity index (χ2n) is 5.25. The summed E-state index contributed by atoms with van der Waals surface area (Å²) in [6.45, 7) is 0.480. The molecule has 0 fully saturated rings. The van der Waals surface area contributed by atoms with E-state index in [1.165, 1.54) is 6.07 Å². The van der Waals surface area contributed by atoms with Crippen molar-refractivity contribution in [3.8, 4) is 0 Å². The van der Waals surface area contributed by atoms with E-state index in [1.54, 1.807) is 0 Å². The van der Waals surface area contributed by atoms with Gasteiger partial charge in [-0.1, -0.05) is 18.2 Å². The second-order valence-corrected chi connectivity index (χ2v) is 5.25. The molecule has 0 saturated heterocycles. The Kier molecular flexibility index (Phi) is 4.09. The van der Waals surface area contributed by atoms with Crippen molar-refractivity contribution >= 4 is 16.8 Å². The molecule has 118 valence electrons. The van der Waals surface area contributed by atoms with Crippen molar-refractivity contribution in [3.05, 3.63) is 68.6 Å².